The third-order valence-electron chi connectivity index (χ3n) is 3.79. The molecule has 0 spiro atoms. The monoisotopic (exact) mass is 235 g/mol. The molecule has 2 aliphatic heterocycles. The zero-order valence-electron chi connectivity index (χ0n) is 10.9. The average molecular weight is 235 g/mol. The molecule has 3 rings (SSSR count). The van der Waals surface area contributed by atoms with Crippen LogP contribution in [0.5, 0.6) is 0 Å². The predicted octanol–water partition coefficient (Wildman–Crippen LogP) is 1.47. The fourth-order valence-electron chi connectivity index (χ4n) is 2.97. The molecule has 2 aliphatic rings. The molecule has 0 amide bonds. The van der Waals surface area contributed by atoms with Gasteiger partial charge in [-0.05, 0) is 25.5 Å². The van der Waals surface area contributed by atoms with Crippen LogP contribution in [0.4, 0.5) is 0 Å². The molecule has 0 aromatic carbocycles. The Balaban J connectivity index is 1.91. The van der Waals surface area contributed by atoms with Gasteiger partial charge in [0.15, 0.2) is 0 Å². The van der Waals surface area contributed by atoms with E-state index in [-0.39, 0.29) is 0 Å². The summed E-state index contributed by atoms with van der Waals surface area (Å²) in [5.74, 6) is 0.667. The normalized spacial score (nSPS) is 28.5. The van der Waals surface area contributed by atoms with Crippen LogP contribution in [0.1, 0.15) is 31.3 Å². The van der Waals surface area contributed by atoms with Crippen molar-refractivity contribution in [3.05, 3.63) is 17.5 Å². The van der Waals surface area contributed by atoms with Crippen LogP contribution >= 0.6 is 0 Å². The van der Waals surface area contributed by atoms with E-state index < -0.39 is 0 Å². The van der Waals surface area contributed by atoms with Crippen molar-refractivity contribution in [3.8, 4) is 0 Å². The highest BCUT2D eigenvalue weighted by atomic mass is 16.5. The summed E-state index contributed by atoms with van der Waals surface area (Å²) >= 11 is 0. The molecule has 0 radical (unpaired) electrons. The molecule has 4 nitrogen and oxygen atoms in total. The van der Waals surface area contributed by atoms with E-state index in [0.717, 1.165) is 26.2 Å². The van der Waals surface area contributed by atoms with Crippen molar-refractivity contribution in [1.29, 1.82) is 0 Å². The van der Waals surface area contributed by atoms with Crippen LogP contribution in [-0.2, 0) is 17.7 Å². The van der Waals surface area contributed by atoms with Crippen LogP contribution in [0.3, 0.4) is 0 Å². The summed E-state index contributed by atoms with van der Waals surface area (Å²) in [5, 5.41) is 4.78. The quantitative estimate of drug-likeness (QED) is 0.777. The van der Waals surface area contributed by atoms with Crippen LogP contribution in [-0.4, -0.2) is 41.0 Å². The van der Waals surface area contributed by atoms with E-state index in [4.69, 9.17) is 9.84 Å². The molecule has 2 atom stereocenters. The Morgan fingerprint density at radius 2 is 2.18 bits per heavy atom. The lowest BCUT2D eigenvalue weighted by Gasteiger charge is -2.34. The van der Waals surface area contributed by atoms with Crippen molar-refractivity contribution in [3.63, 3.8) is 0 Å². The van der Waals surface area contributed by atoms with Gasteiger partial charge in [-0.2, -0.15) is 5.10 Å². The lowest BCUT2D eigenvalue weighted by Crippen LogP contribution is -2.43. The molecule has 4 heteroatoms. The first kappa shape index (κ1) is 11.2. The van der Waals surface area contributed by atoms with Gasteiger partial charge in [0, 0.05) is 6.54 Å². The summed E-state index contributed by atoms with van der Waals surface area (Å²) in [6.07, 6.45) is 1.07. The first-order valence-electron chi connectivity index (χ1n) is 6.50. The molecule has 1 aromatic heterocycles. The molecule has 17 heavy (non-hydrogen) atoms. The van der Waals surface area contributed by atoms with Gasteiger partial charge >= 0.3 is 0 Å². The third kappa shape index (κ3) is 1.89. The highest BCUT2D eigenvalue weighted by Crippen LogP contribution is 2.31. The number of hydrogen-bond donors (Lipinski definition) is 0. The van der Waals surface area contributed by atoms with E-state index in [1.807, 2.05) is 0 Å². The van der Waals surface area contributed by atoms with E-state index in [0.29, 0.717) is 18.0 Å². The number of ether oxygens (including phenoxy) is 1. The first-order valence-corrected chi connectivity index (χ1v) is 6.50. The summed E-state index contributed by atoms with van der Waals surface area (Å²) in [5.41, 5.74) is 2.57. The minimum atomic E-state index is 0.421. The smallest absolute Gasteiger partial charge is 0.0933 e. The Morgan fingerprint density at radius 1 is 1.41 bits per heavy atom. The van der Waals surface area contributed by atoms with Gasteiger partial charge in [0.25, 0.3) is 0 Å². The van der Waals surface area contributed by atoms with Crippen molar-refractivity contribution in [2.24, 2.45) is 5.92 Å². The topological polar surface area (TPSA) is 30.3 Å². The second-order valence-electron chi connectivity index (χ2n) is 5.76. The Morgan fingerprint density at radius 3 is 2.94 bits per heavy atom. The Kier molecular flexibility index (Phi) is 2.71. The number of fused-ring (bicyclic) bond motifs is 3. The standard InChI is InChI=1S/C13H21N3O/c1-9(2)4-10-5-11-6-15(3)12-7-17-8-13(12)16(11)14-10/h5,9,12-13H,4,6-8H2,1-3H3/t12-,13+/m1/s1. The molecule has 3 heterocycles. The van der Waals surface area contributed by atoms with Crippen LogP contribution in [0.15, 0.2) is 6.07 Å². The van der Waals surface area contributed by atoms with E-state index >= 15 is 0 Å². The van der Waals surface area contributed by atoms with Crippen molar-refractivity contribution in [1.82, 2.24) is 14.7 Å². The SMILES string of the molecule is CC(C)Cc1cc2n(n1)[C@H]1COC[C@H]1N(C)C2. The summed E-state index contributed by atoms with van der Waals surface area (Å²) in [4.78, 5) is 2.40. The van der Waals surface area contributed by atoms with E-state index in [1.165, 1.54) is 11.4 Å². The van der Waals surface area contributed by atoms with Gasteiger partial charge in [-0.15, -0.1) is 0 Å². The minimum Gasteiger partial charge on any atom is -0.377 e. The summed E-state index contributed by atoms with van der Waals surface area (Å²) < 4.78 is 7.82. The number of aromatic nitrogens is 2. The molecule has 1 aromatic rings. The van der Waals surface area contributed by atoms with Gasteiger partial charge in [-0.3, -0.25) is 9.58 Å². The summed E-state index contributed by atoms with van der Waals surface area (Å²) in [6, 6.07) is 3.20. The fourth-order valence-corrected chi connectivity index (χ4v) is 2.97. The second-order valence-corrected chi connectivity index (χ2v) is 5.76. The van der Waals surface area contributed by atoms with Crippen molar-refractivity contribution < 1.29 is 4.74 Å². The van der Waals surface area contributed by atoms with Gasteiger partial charge in [0.05, 0.1) is 36.7 Å². The second kappa shape index (κ2) is 4.10. The Hall–Kier alpha value is -0.870. The van der Waals surface area contributed by atoms with Crippen molar-refractivity contribution >= 4 is 0 Å². The molecule has 0 saturated carbocycles. The van der Waals surface area contributed by atoms with E-state index in [2.05, 4.69) is 36.5 Å². The number of nitrogens with zero attached hydrogens (tertiary/aromatic N) is 3. The lowest BCUT2D eigenvalue weighted by atomic mass is 10.1. The molecular formula is C13H21N3O. The first-order chi connectivity index (χ1) is 8.15. The van der Waals surface area contributed by atoms with E-state index in [9.17, 15) is 0 Å². The molecule has 0 aliphatic carbocycles. The maximum atomic E-state index is 5.61. The minimum absolute atomic E-state index is 0.421. The van der Waals surface area contributed by atoms with Crippen LogP contribution in [0, 0.1) is 5.92 Å². The summed E-state index contributed by atoms with van der Waals surface area (Å²) in [6.45, 7) is 7.14. The van der Waals surface area contributed by atoms with Crippen LogP contribution in [0.25, 0.3) is 0 Å². The maximum absolute atomic E-state index is 5.61. The molecule has 94 valence electrons. The molecule has 0 unspecified atom stereocenters. The molecule has 1 saturated heterocycles. The van der Waals surface area contributed by atoms with Gasteiger partial charge in [0.1, 0.15) is 0 Å². The number of likely N-dealkylation sites (N-methyl/N-ethyl adjacent to an activating group) is 1. The number of rotatable bonds is 2. The average Bonchev–Trinajstić information content (AvgIpc) is 2.81. The lowest BCUT2D eigenvalue weighted by molar-refractivity contribution is 0.143. The highest BCUT2D eigenvalue weighted by Gasteiger charge is 2.38. The predicted molar refractivity (Wildman–Crippen MR) is 65.9 cm³/mol. The zero-order valence-corrected chi connectivity index (χ0v) is 10.9. The van der Waals surface area contributed by atoms with Crippen LogP contribution < -0.4 is 0 Å². The third-order valence-corrected chi connectivity index (χ3v) is 3.79. The molecular weight excluding hydrogens is 214 g/mol. The summed E-state index contributed by atoms with van der Waals surface area (Å²) in [7, 11) is 2.19. The van der Waals surface area contributed by atoms with Gasteiger partial charge in [0.2, 0.25) is 0 Å². The van der Waals surface area contributed by atoms with Gasteiger partial charge in [-0.1, -0.05) is 13.8 Å². The van der Waals surface area contributed by atoms with Crippen molar-refractivity contribution in [2.75, 3.05) is 20.3 Å². The maximum Gasteiger partial charge on any atom is 0.0933 e. The largest absolute Gasteiger partial charge is 0.377 e. The van der Waals surface area contributed by atoms with Gasteiger partial charge in [-0.25, -0.2) is 0 Å². The molecule has 0 bridgehead atoms. The molecule has 0 N–H and O–H groups in total. The highest BCUT2D eigenvalue weighted by molar-refractivity contribution is 5.15. The van der Waals surface area contributed by atoms with Crippen molar-refractivity contribution in [2.45, 2.75) is 38.9 Å². The van der Waals surface area contributed by atoms with Gasteiger partial charge < -0.3 is 4.74 Å². The van der Waals surface area contributed by atoms with Crippen LogP contribution in [0.2, 0.25) is 0 Å². The van der Waals surface area contributed by atoms with E-state index in [1.54, 1.807) is 0 Å². The Bertz CT molecular complexity index is 413. The number of hydrogen-bond acceptors (Lipinski definition) is 3. The fraction of sp³-hybridized carbons (Fsp3) is 0.769. The molecule has 1 fully saturated rings. The zero-order chi connectivity index (χ0) is 12.0. The Labute approximate surface area is 103 Å².